The van der Waals surface area contributed by atoms with Crippen LogP contribution in [0.4, 0.5) is 10.1 Å². The van der Waals surface area contributed by atoms with E-state index in [1.54, 1.807) is 28.7 Å². The van der Waals surface area contributed by atoms with Crippen LogP contribution in [-0.2, 0) is 20.1 Å². The average molecular weight is 370 g/mol. The molecule has 0 atom stereocenters. The molecule has 0 radical (unpaired) electrons. The van der Waals surface area contributed by atoms with Gasteiger partial charge in [0.1, 0.15) is 11.5 Å². The van der Waals surface area contributed by atoms with Crippen LogP contribution in [0.2, 0.25) is 0 Å². The maximum atomic E-state index is 13.9. The zero-order valence-electron chi connectivity index (χ0n) is 14.9. The highest BCUT2D eigenvalue weighted by Crippen LogP contribution is 2.15. The Bertz CT molecular complexity index is 978. The summed E-state index contributed by atoms with van der Waals surface area (Å²) in [4.78, 5) is 28.4. The van der Waals surface area contributed by atoms with Crippen LogP contribution in [0.3, 0.4) is 0 Å². The van der Waals surface area contributed by atoms with Crippen LogP contribution in [0, 0.1) is 5.82 Å². The molecule has 140 valence electrons. The van der Waals surface area contributed by atoms with Gasteiger partial charge in [0.25, 0.3) is 11.8 Å². The van der Waals surface area contributed by atoms with Gasteiger partial charge in [0.2, 0.25) is 0 Å². The Balaban J connectivity index is 1.68. The minimum atomic E-state index is -0.627. The van der Waals surface area contributed by atoms with Crippen LogP contribution >= 0.6 is 0 Å². The number of aromatic nitrogens is 4. The molecule has 2 aromatic heterocycles. The van der Waals surface area contributed by atoms with Crippen molar-refractivity contribution in [2.75, 3.05) is 5.32 Å². The number of aryl methyl sites for hydroxylation is 2. The quantitative estimate of drug-likeness (QED) is 0.694. The molecular formula is C18H19FN6O2. The Hall–Kier alpha value is -3.49. The number of carbonyl (C=O) groups excluding carboxylic acids is 2. The number of halogens is 1. The summed E-state index contributed by atoms with van der Waals surface area (Å²) in [5.74, 6) is -1.57. The minimum absolute atomic E-state index is 0.106. The number of anilines is 1. The van der Waals surface area contributed by atoms with Crippen LogP contribution in [-0.4, -0.2) is 31.1 Å². The second-order valence-electron chi connectivity index (χ2n) is 5.99. The van der Waals surface area contributed by atoms with Crippen LogP contribution in [0.25, 0.3) is 0 Å². The van der Waals surface area contributed by atoms with E-state index in [0.717, 1.165) is 24.2 Å². The van der Waals surface area contributed by atoms with E-state index in [-0.39, 0.29) is 23.5 Å². The Kier molecular flexibility index (Phi) is 5.30. The maximum Gasteiger partial charge on any atom is 0.275 e. The zero-order chi connectivity index (χ0) is 19.4. The molecule has 0 aliphatic carbocycles. The summed E-state index contributed by atoms with van der Waals surface area (Å²) in [5, 5.41) is 9.38. The molecule has 0 saturated heterocycles. The van der Waals surface area contributed by atoms with Crippen molar-refractivity contribution in [3.05, 3.63) is 65.8 Å². The molecule has 0 bridgehead atoms. The Morgan fingerprint density at radius 3 is 2.67 bits per heavy atom. The normalized spacial score (nSPS) is 10.6. The molecule has 0 fully saturated rings. The van der Waals surface area contributed by atoms with Crippen molar-refractivity contribution in [3.63, 3.8) is 0 Å². The van der Waals surface area contributed by atoms with Gasteiger partial charge in [-0.2, -0.15) is 5.10 Å². The number of amides is 2. The smallest absolute Gasteiger partial charge is 0.275 e. The van der Waals surface area contributed by atoms with Gasteiger partial charge in [0.15, 0.2) is 0 Å². The number of nitrogens with zero attached hydrogens (tertiary/aromatic N) is 4. The van der Waals surface area contributed by atoms with Gasteiger partial charge in [-0.05, 0) is 25.1 Å². The molecule has 0 spiro atoms. The van der Waals surface area contributed by atoms with Gasteiger partial charge in [0, 0.05) is 49.3 Å². The molecule has 0 unspecified atom stereocenters. The Morgan fingerprint density at radius 1 is 1.19 bits per heavy atom. The van der Waals surface area contributed by atoms with Crippen LogP contribution in [0.1, 0.15) is 33.3 Å². The molecule has 27 heavy (non-hydrogen) atoms. The predicted octanol–water partition coefficient (Wildman–Crippen LogP) is 1.96. The van der Waals surface area contributed by atoms with Crippen molar-refractivity contribution in [2.45, 2.75) is 20.0 Å². The highest BCUT2D eigenvalue weighted by Gasteiger charge is 2.13. The van der Waals surface area contributed by atoms with E-state index in [1.165, 1.54) is 12.4 Å². The highest BCUT2D eigenvalue weighted by molar-refractivity contribution is 6.03. The molecule has 2 heterocycles. The summed E-state index contributed by atoms with van der Waals surface area (Å²) in [7, 11) is 1.73. The molecule has 0 saturated carbocycles. The van der Waals surface area contributed by atoms with E-state index in [1.807, 2.05) is 13.1 Å². The molecule has 2 amide bonds. The standard InChI is InChI=1S/C18H19FN6O2/c1-3-25-9-12(8-22-25)7-20-17(26)13-4-14(19)6-15(5-13)23-18(27)16-10-24(2)11-21-16/h4-6,8-11H,3,7H2,1-2H3,(H,20,26)(H,23,27). The highest BCUT2D eigenvalue weighted by atomic mass is 19.1. The van der Waals surface area contributed by atoms with E-state index in [4.69, 9.17) is 0 Å². The summed E-state index contributed by atoms with van der Waals surface area (Å²) in [6.07, 6.45) is 6.51. The van der Waals surface area contributed by atoms with Gasteiger partial charge in [-0.3, -0.25) is 14.3 Å². The van der Waals surface area contributed by atoms with Crippen LogP contribution in [0.5, 0.6) is 0 Å². The first-order valence-electron chi connectivity index (χ1n) is 8.34. The lowest BCUT2D eigenvalue weighted by molar-refractivity contribution is 0.0949. The zero-order valence-corrected chi connectivity index (χ0v) is 14.9. The first kappa shape index (κ1) is 18.3. The van der Waals surface area contributed by atoms with Gasteiger partial charge < -0.3 is 15.2 Å². The monoisotopic (exact) mass is 370 g/mol. The van der Waals surface area contributed by atoms with Gasteiger partial charge >= 0.3 is 0 Å². The van der Waals surface area contributed by atoms with Crippen molar-refractivity contribution < 1.29 is 14.0 Å². The number of hydrogen-bond donors (Lipinski definition) is 2. The number of imidazole rings is 1. The van der Waals surface area contributed by atoms with Crippen molar-refractivity contribution in [2.24, 2.45) is 7.05 Å². The van der Waals surface area contributed by atoms with E-state index in [9.17, 15) is 14.0 Å². The number of hydrogen-bond acceptors (Lipinski definition) is 4. The third-order valence-electron chi connectivity index (χ3n) is 3.82. The molecule has 1 aromatic carbocycles. The second kappa shape index (κ2) is 7.81. The van der Waals surface area contributed by atoms with Crippen molar-refractivity contribution in [3.8, 4) is 0 Å². The summed E-state index contributed by atoms with van der Waals surface area (Å²) in [5.41, 5.74) is 1.31. The molecule has 2 N–H and O–H groups in total. The fraction of sp³-hybridized carbons (Fsp3) is 0.222. The maximum absolute atomic E-state index is 13.9. The molecule has 3 aromatic rings. The van der Waals surface area contributed by atoms with Crippen molar-refractivity contribution in [1.29, 1.82) is 0 Å². The lowest BCUT2D eigenvalue weighted by atomic mass is 10.1. The molecule has 0 aliphatic rings. The van der Waals surface area contributed by atoms with Gasteiger partial charge in [0.05, 0.1) is 12.5 Å². The summed E-state index contributed by atoms with van der Waals surface area (Å²) < 4.78 is 17.3. The molecule has 9 heteroatoms. The first-order valence-corrected chi connectivity index (χ1v) is 8.34. The molecule has 0 aliphatic heterocycles. The van der Waals surface area contributed by atoms with Crippen LogP contribution in [0.15, 0.2) is 43.1 Å². The van der Waals surface area contributed by atoms with Crippen molar-refractivity contribution >= 4 is 17.5 Å². The van der Waals surface area contributed by atoms with Gasteiger partial charge in [-0.15, -0.1) is 0 Å². The summed E-state index contributed by atoms with van der Waals surface area (Å²) >= 11 is 0. The SMILES string of the molecule is CCn1cc(CNC(=O)c2cc(F)cc(NC(=O)c3cn(C)cn3)c2)cn1. The first-order chi connectivity index (χ1) is 12.9. The molecule has 3 rings (SSSR count). The van der Waals surface area contributed by atoms with Crippen LogP contribution < -0.4 is 10.6 Å². The van der Waals surface area contributed by atoms with E-state index in [2.05, 4.69) is 20.7 Å². The number of benzene rings is 1. The predicted molar refractivity (Wildman–Crippen MR) is 96.6 cm³/mol. The fourth-order valence-corrected chi connectivity index (χ4v) is 2.47. The topological polar surface area (TPSA) is 93.8 Å². The second-order valence-corrected chi connectivity index (χ2v) is 5.99. The number of nitrogens with one attached hydrogen (secondary N) is 2. The lowest BCUT2D eigenvalue weighted by Crippen LogP contribution is -2.23. The Morgan fingerprint density at radius 2 is 2.00 bits per heavy atom. The average Bonchev–Trinajstić information content (AvgIpc) is 3.27. The third kappa shape index (κ3) is 4.57. The lowest BCUT2D eigenvalue weighted by Gasteiger charge is -2.08. The van der Waals surface area contributed by atoms with Gasteiger partial charge in [-0.25, -0.2) is 9.37 Å². The number of carbonyl (C=O) groups is 2. The third-order valence-corrected chi connectivity index (χ3v) is 3.82. The fourth-order valence-electron chi connectivity index (χ4n) is 2.47. The minimum Gasteiger partial charge on any atom is -0.348 e. The molecule has 8 nitrogen and oxygen atoms in total. The Labute approximate surface area is 155 Å². The molecular weight excluding hydrogens is 351 g/mol. The summed E-state index contributed by atoms with van der Waals surface area (Å²) in [6.45, 7) is 2.96. The van der Waals surface area contributed by atoms with Crippen molar-refractivity contribution in [1.82, 2.24) is 24.6 Å². The van der Waals surface area contributed by atoms with E-state index < -0.39 is 17.6 Å². The summed E-state index contributed by atoms with van der Waals surface area (Å²) in [6, 6.07) is 3.67. The number of rotatable bonds is 6. The largest absolute Gasteiger partial charge is 0.348 e. The van der Waals surface area contributed by atoms with E-state index >= 15 is 0 Å². The van der Waals surface area contributed by atoms with Gasteiger partial charge in [-0.1, -0.05) is 0 Å². The van der Waals surface area contributed by atoms with E-state index in [0.29, 0.717) is 0 Å².